The first-order valence-corrected chi connectivity index (χ1v) is 5.83. The molecule has 0 unspecified atom stereocenters. The third kappa shape index (κ3) is 6.96. The number of rotatable bonds is 3. The first-order chi connectivity index (χ1) is 7.26. The quantitative estimate of drug-likeness (QED) is 0.224. The van der Waals surface area contributed by atoms with Crippen LogP contribution in [0.3, 0.4) is 0 Å². The van der Waals surface area contributed by atoms with Crippen molar-refractivity contribution >= 4 is 111 Å². The zero-order chi connectivity index (χ0) is 12.5. The minimum absolute atomic E-state index is 0. The Labute approximate surface area is 188 Å². The molecule has 12 heteroatoms. The molecule has 1 rings (SSSR count). The molecule has 0 amide bonds. The van der Waals surface area contributed by atoms with Crippen molar-refractivity contribution in [1.82, 2.24) is 0 Å². The largest absolute Gasteiger partial charge is 0.472 e. The minimum Gasteiger partial charge on any atom is -0.394 e. The van der Waals surface area contributed by atoms with Gasteiger partial charge >= 0.3 is 7.82 Å². The van der Waals surface area contributed by atoms with Crippen LogP contribution in [0, 0.1) is 0 Å². The molecule has 6 N–H and O–H groups in total. The van der Waals surface area contributed by atoms with Crippen LogP contribution in [0.2, 0.25) is 0 Å². The van der Waals surface area contributed by atoms with Crippen molar-refractivity contribution in [3.63, 3.8) is 0 Å². The average molecular weight is 338 g/mol. The number of aliphatic hydroxyl groups excluding tert-OH is 4. The van der Waals surface area contributed by atoms with E-state index in [-0.39, 0.29) is 103 Å². The Hall–Kier alpha value is 3.18. The van der Waals surface area contributed by atoms with Crippen molar-refractivity contribution in [3.05, 3.63) is 0 Å². The fraction of sp³-hybridized carbons (Fsp3) is 1.00. The van der Waals surface area contributed by atoms with Gasteiger partial charge in [-0.3, -0.25) is 4.52 Å². The van der Waals surface area contributed by atoms with E-state index in [9.17, 15) is 19.9 Å². The number of phosphoric acid groups is 1. The molecular weight excluding hydrogens is 325 g/mol. The summed E-state index contributed by atoms with van der Waals surface area (Å²) in [6.07, 6.45) is -8.25. The molecule has 9 nitrogen and oxygen atoms in total. The van der Waals surface area contributed by atoms with E-state index < -0.39 is 45.1 Å². The number of hydrogen-bond acceptors (Lipinski definition) is 7. The van der Waals surface area contributed by atoms with Crippen LogP contribution in [0.5, 0.6) is 0 Å². The van der Waals surface area contributed by atoms with Gasteiger partial charge in [0, 0.05) is 103 Å². The summed E-state index contributed by atoms with van der Waals surface area (Å²) in [6.45, 7) is -0.702. The van der Waals surface area contributed by atoms with E-state index in [2.05, 4.69) is 9.26 Å². The van der Waals surface area contributed by atoms with Gasteiger partial charge in [0.25, 0.3) is 0 Å². The monoisotopic (exact) mass is 338 g/mol. The van der Waals surface area contributed by atoms with Gasteiger partial charge in [-0.25, -0.2) is 4.57 Å². The number of phosphoric ester groups is 1. The molecule has 1 heterocycles. The summed E-state index contributed by atoms with van der Waals surface area (Å²) in [7, 11) is -4.91. The van der Waals surface area contributed by atoms with E-state index in [1.807, 2.05) is 0 Å². The van der Waals surface area contributed by atoms with Gasteiger partial charge in [-0.1, -0.05) is 0 Å². The number of aliphatic hydroxyl groups is 4. The standard InChI is InChI=1S/C6H13O9P.2K/c7-1-2-3(8)4(9)5(10)6(14-2)15-16(11,12)13;;/h2-10H,1H2,(H2,11,12,13);;/t2-,3-,4+,5+,6-;;/m1../s1. The molecule has 0 aromatic heterocycles. The van der Waals surface area contributed by atoms with E-state index in [0.29, 0.717) is 0 Å². The first-order valence-electron chi connectivity index (χ1n) is 4.30. The second-order valence-electron chi connectivity index (χ2n) is 3.29. The summed E-state index contributed by atoms with van der Waals surface area (Å²) < 4.78 is 19.2. The Balaban J connectivity index is 0. The molecule has 1 aliphatic rings. The second kappa shape index (κ2) is 10.1. The predicted molar refractivity (Wildman–Crippen MR) is 58.4 cm³/mol. The van der Waals surface area contributed by atoms with Crippen molar-refractivity contribution in [2.45, 2.75) is 30.7 Å². The Kier molecular flexibility index (Phi) is 13.1. The zero-order valence-electron chi connectivity index (χ0n) is 9.95. The molecule has 1 saturated heterocycles. The van der Waals surface area contributed by atoms with Crippen LogP contribution in [-0.4, -0.2) is 170 Å². The van der Waals surface area contributed by atoms with Gasteiger partial charge in [-0.2, -0.15) is 0 Å². The Morgan fingerprint density at radius 1 is 1.06 bits per heavy atom. The molecular formula is C6H13K2O9P. The molecule has 0 aliphatic carbocycles. The average Bonchev–Trinajstić information content (AvgIpc) is 2.17. The Morgan fingerprint density at radius 2 is 1.56 bits per heavy atom. The van der Waals surface area contributed by atoms with Crippen molar-refractivity contribution in [3.8, 4) is 0 Å². The van der Waals surface area contributed by atoms with Gasteiger partial charge in [0.2, 0.25) is 0 Å². The molecule has 98 valence electrons. The van der Waals surface area contributed by atoms with Crippen molar-refractivity contribution in [2.75, 3.05) is 6.61 Å². The molecule has 0 saturated carbocycles. The minimum atomic E-state index is -4.91. The van der Waals surface area contributed by atoms with E-state index >= 15 is 0 Å². The van der Waals surface area contributed by atoms with Gasteiger partial charge in [0.05, 0.1) is 6.61 Å². The normalized spacial score (nSPS) is 36.4. The Bertz CT molecular complexity index is 284. The second-order valence-corrected chi connectivity index (χ2v) is 4.49. The summed E-state index contributed by atoms with van der Waals surface area (Å²) in [5.74, 6) is 0. The van der Waals surface area contributed by atoms with E-state index in [1.54, 1.807) is 0 Å². The molecule has 0 aromatic rings. The van der Waals surface area contributed by atoms with E-state index in [4.69, 9.17) is 14.9 Å². The van der Waals surface area contributed by atoms with Crippen molar-refractivity contribution in [1.29, 1.82) is 0 Å². The number of hydrogen-bond donors (Lipinski definition) is 6. The molecule has 0 spiro atoms. The van der Waals surface area contributed by atoms with Gasteiger partial charge in [-0.15, -0.1) is 0 Å². The van der Waals surface area contributed by atoms with Gasteiger partial charge in [0.15, 0.2) is 6.29 Å². The molecule has 2 radical (unpaired) electrons. The Morgan fingerprint density at radius 3 is 1.94 bits per heavy atom. The summed E-state index contributed by atoms with van der Waals surface area (Å²) >= 11 is 0. The molecule has 1 fully saturated rings. The molecule has 0 bridgehead atoms. The molecule has 1 aliphatic heterocycles. The first kappa shape index (κ1) is 23.4. The van der Waals surface area contributed by atoms with Crippen LogP contribution in [0.25, 0.3) is 0 Å². The summed E-state index contributed by atoms with van der Waals surface area (Å²) in [5, 5.41) is 36.6. The van der Waals surface area contributed by atoms with Crippen LogP contribution < -0.4 is 0 Å². The number of ether oxygens (including phenoxy) is 1. The molecule has 5 atom stereocenters. The summed E-state index contributed by atoms with van der Waals surface area (Å²) in [5.41, 5.74) is 0. The maximum absolute atomic E-state index is 10.5. The topological polar surface area (TPSA) is 157 Å². The van der Waals surface area contributed by atoms with E-state index in [1.165, 1.54) is 0 Å². The SMILES string of the molecule is O=P(O)(O)O[C@H]1O[C@H](CO)[C@@H](O)[C@H](O)[C@@H]1O.[K].[K]. The molecule has 0 aromatic carbocycles. The summed E-state index contributed by atoms with van der Waals surface area (Å²) in [4.78, 5) is 17.0. The summed E-state index contributed by atoms with van der Waals surface area (Å²) in [6, 6.07) is 0. The fourth-order valence-electron chi connectivity index (χ4n) is 1.29. The maximum atomic E-state index is 10.5. The van der Waals surface area contributed by atoms with E-state index in [0.717, 1.165) is 0 Å². The third-order valence-electron chi connectivity index (χ3n) is 2.09. The van der Waals surface area contributed by atoms with Crippen LogP contribution in [-0.2, 0) is 13.8 Å². The molecule has 18 heavy (non-hydrogen) atoms. The van der Waals surface area contributed by atoms with Crippen LogP contribution in [0.15, 0.2) is 0 Å². The van der Waals surface area contributed by atoms with Crippen LogP contribution in [0.1, 0.15) is 0 Å². The predicted octanol–water partition coefficient (Wildman–Crippen LogP) is -3.87. The fourth-order valence-corrected chi connectivity index (χ4v) is 1.73. The van der Waals surface area contributed by atoms with Crippen LogP contribution in [0.4, 0.5) is 0 Å². The smallest absolute Gasteiger partial charge is 0.394 e. The van der Waals surface area contributed by atoms with Crippen molar-refractivity contribution < 1.29 is 44.0 Å². The van der Waals surface area contributed by atoms with Crippen LogP contribution >= 0.6 is 7.82 Å². The maximum Gasteiger partial charge on any atom is 0.472 e. The third-order valence-corrected chi connectivity index (χ3v) is 2.57. The van der Waals surface area contributed by atoms with Gasteiger partial charge < -0.3 is 34.9 Å². The zero-order valence-corrected chi connectivity index (χ0v) is 17.1. The van der Waals surface area contributed by atoms with Crippen molar-refractivity contribution in [2.24, 2.45) is 0 Å². The van der Waals surface area contributed by atoms with Gasteiger partial charge in [-0.05, 0) is 0 Å². The van der Waals surface area contributed by atoms with Gasteiger partial charge in [0.1, 0.15) is 24.4 Å².